The van der Waals surface area contributed by atoms with Crippen molar-refractivity contribution in [2.24, 2.45) is 11.3 Å². The first kappa shape index (κ1) is 18.0. The second kappa shape index (κ2) is 7.78. The van der Waals surface area contributed by atoms with E-state index in [1.807, 2.05) is 6.92 Å². The lowest BCUT2D eigenvalue weighted by Crippen LogP contribution is -2.48. The second-order valence-electron chi connectivity index (χ2n) is 6.86. The molecule has 0 aromatic rings. The van der Waals surface area contributed by atoms with Gasteiger partial charge in [0, 0.05) is 12.6 Å². The summed E-state index contributed by atoms with van der Waals surface area (Å²) < 4.78 is 0. The molecule has 2 atom stereocenters. The number of aliphatic carboxylic acids is 1. The van der Waals surface area contributed by atoms with Crippen molar-refractivity contribution in [1.82, 2.24) is 10.2 Å². The quantitative estimate of drug-likeness (QED) is 0.755. The van der Waals surface area contributed by atoms with Gasteiger partial charge in [-0.15, -0.1) is 0 Å². The van der Waals surface area contributed by atoms with Gasteiger partial charge in [-0.25, -0.2) is 0 Å². The Morgan fingerprint density at radius 2 is 2.10 bits per heavy atom. The van der Waals surface area contributed by atoms with Crippen molar-refractivity contribution in [3.8, 4) is 0 Å². The highest BCUT2D eigenvalue weighted by Gasteiger charge is 2.39. The standard InChI is InChI=1S/C16H30N2O3/c1-5-7-12(2)17-14(19)11-18-9-6-8-13(10-18)16(3,4)15(20)21/h12-13H,5-11H2,1-4H3,(H,17,19)(H,20,21). The van der Waals surface area contributed by atoms with Gasteiger partial charge in [-0.3, -0.25) is 14.5 Å². The predicted octanol–water partition coefficient (Wildman–Crippen LogP) is 2.11. The first-order valence-electron chi connectivity index (χ1n) is 8.02. The SMILES string of the molecule is CCCC(C)NC(=O)CN1CCCC(C(C)(C)C(=O)O)C1. The molecule has 122 valence electrons. The zero-order valence-electron chi connectivity index (χ0n) is 13.8. The number of hydrogen-bond donors (Lipinski definition) is 2. The minimum absolute atomic E-state index is 0.0460. The van der Waals surface area contributed by atoms with Gasteiger partial charge in [-0.1, -0.05) is 13.3 Å². The van der Waals surface area contributed by atoms with Crippen LogP contribution in [0.1, 0.15) is 53.4 Å². The molecule has 0 radical (unpaired) electrons. The van der Waals surface area contributed by atoms with E-state index in [0.29, 0.717) is 13.1 Å². The molecule has 0 bridgehead atoms. The fourth-order valence-corrected chi connectivity index (χ4v) is 2.99. The van der Waals surface area contributed by atoms with Crippen LogP contribution >= 0.6 is 0 Å². The van der Waals surface area contributed by atoms with Crippen LogP contribution in [0.5, 0.6) is 0 Å². The predicted molar refractivity (Wildman–Crippen MR) is 83.1 cm³/mol. The number of nitrogens with one attached hydrogen (secondary N) is 1. The third kappa shape index (κ3) is 5.30. The number of amides is 1. The topological polar surface area (TPSA) is 69.6 Å². The molecule has 0 spiro atoms. The summed E-state index contributed by atoms with van der Waals surface area (Å²) in [5.41, 5.74) is -0.731. The van der Waals surface area contributed by atoms with Gasteiger partial charge in [0.2, 0.25) is 5.91 Å². The Morgan fingerprint density at radius 3 is 2.67 bits per heavy atom. The summed E-state index contributed by atoms with van der Waals surface area (Å²) in [5.74, 6) is -0.607. The molecule has 5 nitrogen and oxygen atoms in total. The van der Waals surface area contributed by atoms with Gasteiger partial charge in [-0.2, -0.15) is 0 Å². The molecule has 0 aliphatic carbocycles. The summed E-state index contributed by atoms with van der Waals surface area (Å²) in [6.07, 6.45) is 3.92. The minimum atomic E-state index is -0.754. The van der Waals surface area contributed by atoms with Crippen LogP contribution in [0.2, 0.25) is 0 Å². The molecular weight excluding hydrogens is 268 g/mol. The van der Waals surface area contributed by atoms with E-state index in [2.05, 4.69) is 17.1 Å². The van der Waals surface area contributed by atoms with Crippen molar-refractivity contribution < 1.29 is 14.7 Å². The molecule has 1 fully saturated rings. The van der Waals surface area contributed by atoms with Crippen LogP contribution in [0.3, 0.4) is 0 Å². The van der Waals surface area contributed by atoms with E-state index in [1.165, 1.54) is 0 Å². The molecule has 2 unspecified atom stereocenters. The van der Waals surface area contributed by atoms with E-state index in [0.717, 1.165) is 32.2 Å². The molecule has 0 aromatic heterocycles. The number of carboxylic acid groups (broad SMARTS) is 1. The Labute approximate surface area is 128 Å². The third-order valence-electron chi connectivity index (χ3n) is 4.57. The van der Waals surface area contributed by atoms with E-state index in [-0.39, 0.29) is 17.9 Å². The third-order valence-corrected chi connectivity index (χ3v) is 4.57. The van der Waals surface area contributed by atoms with Crippen LogP contribution in [-0.2, 0) is 9.59 Å². The number of carbonyl (C=O) groups is 2. The van der Waals surface area contributed by atoms with E-state index in [1.54, 1.807) is 13.8 Å². The van der Waals surface area contributed by atoms with Gasteiger partial charge in [0.05, 0.1) is 12.0 Å². The molecule has 1 rings (SSSR count). The molecule has 1 amide bonds. The van der Waals surface area contributed by atoms with Crippen molar-refractivity contribution in [1.29, 1.82) is 0 Å². The molecule has 2 N–H and O–H groups in total. The average molecular weight is 298 g/mol. The summed E-state index contributed by atoms with van der Waals surface area (Å²) in [7, 11) is 0. The number of hydrogen-bond acceptors (Lipinski definition) is 3. The maximum atomic E-state index is 12.0. The Balaban J connectivity index is 2.50. The molecule has 0 aromatic carbocycles. The zero-order valence-corrected chi connectivity index (χ0v) is 13.8. The van der Waals surface area contributed by atoms with Gasteiger partial charge in [0.25, 0.3) is 0 Å². The summed E-state index contributed by atoms with van der Waals surface area (Å²) in [6.45, 7) is 9.64. The Bertz CT molecular complexity index is 369. The Kier molecular flexibility index (Phi) is 6.65. The van der Waals surface area contributed by atoms with Crippen LogP contribution in [0.15, 0.2) is 0 Å². The highest BCUT2D eigenvalue weighted by atomic mass is 16.4. The van der Waals surface area contributed by atoms with Gasteiger partial charge < -0.3 is 10.4 Å². The number of carbonyl (C=O) groups excluding carboxylic acids is 1. The maximum Gasteiger partial charge on any atom is 0.309 e. The highest BCUT2D eigenvalue weighted by molar-refractivity contribution is 5.78. The van der Waals surface area contributed by atoms with Crippen LogP contribution < -0.4 is 5.32 Å². The van der Waals surface area contributed by atoms with E-state index in [9.17, 15) is 14.7 Å². The normalized spacial score (nSPS) is 21.8. The number of likely N-dealkylation sites (tertiary alicyclic amines) is 1. The molecule has 21 heavy (non-hydrogen) atoms. The van der Waals surface area contributed by atoms with Gasteiger partial charge >= 0.3 is 5.97 Å². The lowest BCUT2D eigenvalue weighted by atomic mass is 9.74. The zero-order chi connectivity index (χ0) is 16.0. The maximum absolute atomic E-state index is 12.0. The lowest BCUT2D eigenvalue weighted by Gasteiger charge is -2.39. The van der Waals surface area contributed by atoms with Crippen LogP contribution in [0.4, 0.5) is 0 Å². The fraction of sp³-hybridized carbons (Fsp3) is 0.875. The van der Waals surface area contributed by atoms with Gasteiger partial charge in [0.15, 0.2) is 0 Å². The number of rotatable bonds is 7. The smallest absolute Gasteiger partial charge is 0.309 e. The number of carboxylic acids is 1. The van der Waals surface area contributed by atoms with Crippen molar-refractivity contribution in [3.63, 3.8) is 0 Å². The lowest BCUT2D eigenvalue weighted by molar-refractivity contribution is -0.151. The Morgan fingerprint density at radius 1 is 1.43 bits per heavy atom. The van der Waals surface area contributed by atoms with Crippen LogP contribution in [-0.4, -0.2) is 47.6 Å². The monoisotopic (exact) mass is 298 g/mol. The summed E-state index contributed by atoms with van der Waals surface area (Å²) in [6, 6.07) is 0.207. The molecular formula is C16H30N2O3. The van der Waals surface area contributed by atoms with E-state index >= 15 is 0 Å². The molecule has 1 aliphatic rings. The van der Waals surface area contributed by atoms with Gasteiger partial charge in [0.1, 0.15) is 0 Å². The molecule has 1 saturated heterocycles. The fourth-order valence-electron chi connectivity index (χ4n) is 2.99. The van der Waals surface area contributed by atoms with Crippen LogP contribution in [0, 0.1) is 11.3 Å². The summed E-state index contributed by atoms with van der Waals surface area (Å²) >= 11 is 0. The highest BCUT2D eigenvalue weighted by Crippen LogP contribution is 2.34. The van der Waals surface area contributed by atoms with Crippen molar-refractivity contribution in [2.75, 3.05) is 19.6 Å². The molecule has 1 aliphatic heterocycles. The van der Waals surface area contributed by atoms with Crippen LogP contribution in [0.25, 0.3) is 0 Å². The Hall–Kier alpha value is -1.10. The second-order valence-corrected chi connectivity index (χ2v) is 6.86. The van der Waals surface area contributed by atoms with E-state index in [4.69, 9.17) is 0 Å². The average Bonchev–Trinajstić information content (AvgIpc) is 2.38. The van der Waals surface area contributed by atoms with E-state index < -0.39 is 11.4 Å². The summed E-state index contributed by atoms with van der Waals surface area (Å²) in [5, 5.41) is 12.3. The molecule has 1 heterocycles. The van der Waals surface area contributed by atoms with Crippen molar-refractivity contribution in [3.05, 3.63) is 0 Å². The first-order chi connectivity index (χ1) is 9.77. The van der Waals surface area contributed by atoms with Crippen molar-refractivity contribution >= 4 is 11.9 Å². The first-order valence-corrected chi connectivity index (χ1v) is 8.02. The number of nitrogens with zero attached hydrogens (tertiary/aromatic N) is 1. The number of piperidine rings is 1. The molecule has 5 heteroatoms. The molecule has 0 saturated carbocycles. The minimum Gasteiger partial charge on any atom is -0.481 e. The van der Waals surface area contributed by atoms with Gasteiger partial charge in [-0.05, 0) is 52.5 Å². The van der Waals surface area contributed by atoms with Crippen molar-refractivity contribution in [2.45, 2.75) is 59.4 Å². The largest absolute Gasteiger partial charge is 0.481 e. The summed E-state index contributed by atoms with van der Waals surface area (Å²) in [4.78, 5) is 25.5.